The van der Waals surface area contributed by atoms with Crippen molar-refractivity contribution < 1.29 is 18.7 Å². The number of rotatable bonds is 10. The van der Waals surface area contributed by atoms with E-state index in [0.29, 0.717) is 17.4 Å². The summed E-state index contributed by atoms with van der Waals surface area (Å²) < 4.78 is 23.4. The summed E-state index contributed by atoms with van der Waals surface area (Å²) in [7, 11) is 3.29. The van der Waals surface area contributed by atoms with Crippen molar-refractivity contribution in [1.82, 2.24) is 5.16 Å². The van der Waals surface area contributed by atoms with E-state index in [0.717, 1.165) is 41.7 Å². The van der Waals surface area contributed by atoms with Crippen LogP contribution in [0.25, 0.3) is 11.3 Å². The van der Waals surface area contributed by atoms with E-state index in [9.17, 15) is 0 Å². The molecule has 2 atom stereocenters. The molecule has 4 rings (SSSR count). The SMILES string of the molecule is CCC(CCc1ccc(OC)c(OC)c1)(Oc1noc(-c2ccccc2)c1C)C1(C)C=CC=N1. The molecule has 0 fully saturated rings. The zero-order chi connectivity index (χ0) is 24.2. The first-order valence-electron chi connectivity index (χ1n) is 11.6. The maximum absolute atomic E-state index is 6.77. The van der Waals surface area contributed by atoms with Crippen LogP contribution in [0.5, 0.6) is 17.4 Å². The lowest BCUT2D eigenvalue weighted by atomic mass is 9.75. The molecule has 3 aromatic rings. The highest BCUT2D eigenvalue weighted by Crippen LogP contribution is 2.42. The fourth-order valence-electron chi connectivity index (χ4n) is 4.60. The van der Waals surface area contributed by atoms with Gasteiger partial charge in [-0.25, -0.2) is 0 Å². The molecule has 1 aromatic heterocycles. The molecule has 0 amide bonds. The quantitative estimate of drug-likeness (QED) is 0.359. The topological polar surface area (TPSA) is 66.1 Å². The van der Waals surface area contributed by atoms with Gasteiger partial charge in [-0.2, -0.15) is 0 Å². The summed E-state index contributed by atoms with van der Waals surface area (Å²) >= 11 is 0. The highest BCUT2D eigenvalue weighted by molar-refractivity contribution is 5.75. The molecular weight excluding hydrogens is 428 g/mol. The van der Waals surface area contributed by atoms with Crippen LogP contribution in [0, 0.1) is 6.92 Å². The van der Waals surface area contributed by atoms with Gasteiger partial charge in [0.05, 0.1) is 19.8 Å². The minimum Gasteiger partial charge on any atom is -0.493 e. The Kier molecular flexibility index (Phi) is 6.77. The standard InChI is InChI=1S/C28H32N2O4/c1-6-28(27(3)16-10-18-29-27,17-15-21-13-14-23(31-4)24(19-21)32-5)33-26-20(2)25(34-30-26)22-11-8-7-9-12-22/h7-14,16,18-19H,6,15,17H2,1-5H3. The largest absolute Gasteiger partial charge is 0.493 e. The monoisotopic (exact) mass is 460 g/mol. The zero-order valence-electron chi connectivity index (χ0n) is 20.5. The summed E-state index contributed by atoms with van der Waals surface area (Å²) in [6, 6.07) is 16.0. The Hall–Kier alpha value is -3.54. The summed E-state index contributed by atoms with van der Waals surface area (Å²) in [4.78, 5) is 4.81. The summed E-state index contributed by atoms with van der Waals surface area (Å²) in [5.74, 6) is 2.65. The van der Waals surface area contributed by atoms with Crippen LogP contribution in [-0.4, -0.2) is 36.7 Å². The Morgan fingerprint density at radius 3 is 2.44 bits per heavy atom. The lowest BCUT2D eigenvalue weighted by Gasteiger charge is -2.43. The lowest BCUT2D eigenvalue weighted by Crippen LogP contribution is -2.53. The number of methoxy groups -OCH3 is 2. The molecule has 0 radical (unpaired) electrons. The lowest BCUT2D eigenvalue weighted by molar-refractivity contribution is 0.000258. The molecule has 2 heterocycles. The van der Waals surface area contributed by atoms with Gasteiger partial charge in [-0.3, -0.25) is 4.99 Å². The predicted octanol–water partition coefficient (Wildman–Crippen LogP) is 6.23. The van der Waals surface area contributed by atoms with Crippen LogP contribution in [-0.2, 0) is 6.42 Å². The number of hydrogen-bond acceptors (Lipinski definition) is 6. The van der Waals surface area contributed by atoms with E-state index in [2.05, 4.69) is 31.1 Å². The van der Waals surface area contributed by atoms with Gasteiger partial charge in [0.2, 0.25) is 0 Å². The fourth-order valence-corrected chi connectivity index (χ4v) is 4.60. The first kappa shape index (κ1) is 23.6. The first-order valence-corrected chi connectivity index (χ1v) is 11.6. The highest BCUT2D eigenvalue weighted by Gasteiger charge is 2.49. The molecule has 1 aliphatic rings. The molecule has 0 bridgehead atoms. The van der Waals surface area contributed by atoms with E-state index in [1.807, 2.05) is 61.7 Å². The second kappa shape index (κ2) is 9.75. The minimum atomic E-state index is -0.626. The van der Waals surface area contributed by atoms with E-state index in [-0.39, 0.29) is 0 Å². The van der Waals surface area contributed by atoms with Gasteiger partial charge in [0.25, 0.3) is 5.88 Å². The predicted molar refractivity (Wildman–Crippen MR) is 134 cm³/mol. The van der Waals surface area contributed by atoms with Gasteiger partial charge in [0.1, 0.15) is 11.1 Å². The van der Waals surface area contributed by atoms with Gasteiger partial charge in [0, 0.05) is 11.8 Å². The third-order valence-corrected chi connectivity index (χ3v) is 6.82. The van der Waals surface area contributed by atoms with E-state index in [1.165, 1.54) is 0 Å². The van der Waals surface area contributed by atoms with Gasteiger partial charge in [-0.15, -0.1) is 0 Å². The Morgan fingerprint density at radius 2 is 1.79 bits per heavy atom. The van der Waals surface area contributed by atoms with E-state index < -0.39 is 11.1 Å². The Bertz CT molecular complexity index is 1170. The smallest absolute Gasteiger partial charge is 0.258 e. The molecule has 178 valence electrons. The molecule has 34 heavy (non-hydrogen) atoms. The molecule has 0 spiro atoms. The van der Waals surface area contributed by atoms with Crippen LogP contribution in [0.1, 0.15) is 37.8 Å². The van der Waals surface area contributed by atoms with Crippen LogP contribution < -0.4 is 14.2 Å². The van der Waals surface area contributed by atoms with Gasteiger partial charge in [0.15, 0.2) is 17.3 Å². The molecule has 0 saturated carbocycles. The van der Waals surface area contributed by atoms with Crippen molar-refractivity contribution in [3.63, 3.8) is 0 Å². The number of aliphatic imine (C=N–C) groups is 1. The maximum Gasteiger partial charge on any atom is 0.258 e. The second-order valence-corrected chi connectivity index (χ2v) is 8.73. The molecule has 6 heteroatoms. The normalized spacial score (nSPS) is 18.6. The number of aromatic nitrogens is 1. The van der Waals surface area contributed by atoms with Crippen molar-refractivity contribution >= 4 is 6.21 Å². The third kappa shape index (κ3) is 4.32. The first-order chi connectivity index (χ1) is 16.4. The average Bonchev–Trinajstić information content (AvgIpc) is 3.48. The number of aryl methyl sites for hydroxylation is 1. The number of hydrogen-bond donors (Lipinski definition) is 0. The summed E-state index contributed by atoms with van der Waals surface area (Å²) in [5.41, 5.74) is 1.83. The Labute approximate surface area is 201 Å². The van der Waals surface area contributed by atoms with Crippen molar-refractivity contribution in [3.05, 3.63) is 71.8 Å². The van der Waals surface area contributed by atoms with Crippen LogP contribution in [0.3, 0.4) is 0 Å². The van der Waals surface area contributed by atoms with Gasteiger partial charge in [-0.1, -0.05) is 49.4 Å². The van der Waals surface area contributed by atoms with E-state index in [4.69, 9.17) is 23.7 Å². The average molecular weight is 461 g/mol. The Morgan fingerprint density at radius 1 is 1.03 bits per heavy atom. The van der Waals surface area contributed by atoms with Crippen molar-refractivity contribution in [2.75, 3.05) is 14.2 Å². The van der Waals surface area contributed by atoms with Crippen molar-refractivity contribution in [1.29, 1.82) is 0 Å². The Balaban J connectivity index is 1.66. The molecule has 6 nitrogen and oxygen atoms in total. The van der Waals surface area contributed by atoms with E-state index in [1.54, 1.807) is 14.2 Å². The number of ether oxygens (including phenoxy) is 3. The maximum atomic E-state index is 6.77. The molecule has 1 aliphatic heterocycles. The minimum absolute atomic E-state index is 0.504. The van der Waals surface area contributed by atoms with Gasteiger partial charge < -0.3 is 18.7 Å². The van der Waals surface area contributed by atoms with E-state index >= 15 is 0 Å². The fraction of sp³-hybridized carbons (Fsp3) is 0.357. The molecule has 0 N–H and O–H groups in total. The van der Waals surface area contributed by atoms with Crippen LogP contribution >= 0.6 is 0 Å². The van der Waals surface area contributed by atoms with Crippen LogP contribution in [0.2, 0.25) is 0 Å². The van der Waals surface area contributed by atoms with Crippen LogP contribution in [0.4, 0.5) is 0 Å². The molecule has 0 aliphatic carbocycles. The number of allylic oxidation sites excluding steroid dienone is 1. The zero-order valence-corrected chi connectivity index (χ0v) is 20.5. The van der Waals surface area contributed by atoms with Crippen molar-refractivity contribution in [2.24, 2.45) is 4.99 Å². The molecular formula is C28H32N2O4. The highest BCUT2D eigenvalue weighted by atomic mass is 16.6. The number of nitrogens with zero attached hydrogens (tertiary/aromatic N) is 2. The third-order valence-electron chi connectivity index (χ3n) is 6.82. The molecule has 0 saturated heterocycles. The second-order valence-electron chi connectivity index (χ2n) is 8.73. The number of benzene rings is 2. The molecule has 2 aromatic carbocycles. The van der Waals surface area contributed by atoms with Crippen LogP contribution in [0.15, 0.2) is 70.2 Å². The summed E-state index contributed by atoms with van der Waals surface area (Å²) in [6.45, 7) is 6.23. The van der Waals surface area contributed by atoms with Crippen molar-refractivity contribution in [2.45, 2.75) is 51.2 Å². The van der Waals surface area contributed by atoms with Crippen molar-refractivity contribution in [3.8, 4) is 28.7 Å². The summed E-state index contributed by atoms with van der Waals surface area (Å²) in [5, 5.41) is 4.32. The van der Waals surface area contributed by atoms with Gasteiger partial charge >= 0.3 is 0 Å². The summed E-state index contributed by atoms with van der Waals surface area (Å²) in [6.07, 6.45) is 8.17. The molecule has 2 unspecified atom stereocenters. The van der Waals surface area contributed by atoms with Gasteiger partial charge in [-0.05, 0) is 62.0 Å².